The van der Waals surface area contributed by atoms with Gasteiger partial charge >= 0.3 is 0 Å². The van der Waals surface area contributed by atoms with Gasteiger partial charge in [0.1, 0.15) is 5.72 Å². The van der Waals surface area contributed by atoms with Crippen molar-refractivity contribution in [2.75, 3.05) is 6.54 Å². The number of hydrogen-bond acceptors (Lipinski definition) is 3. The van der Waals surface area contributed by atoms with Crippen LogP contribution in [0.2, 0.25) is 0 Å². The quantitative estimate of drug-likeness (QED) is 0.547. The maximum atomic E-state index is 5.56. The molecule has 1 rings (SSSR count). The van der Waals surface area contributed by atoms with Gasteiger partial charge in [0.05, 0.1) is 6.10 Å². The van der Waals surface area contributed by atoms with Crippen LogP contribution in [-0.4, -0.2) is 24.4 Å². The van der Waals surface area contributed by atoms with Crippen molar-refractivity contribution >= 4 is 0 Å². The van der Waals surface area contributed by atoms with E-state index in [4.69, 9.17) is 10.5 Å². The number of nitrogens with two attached hydrogens (primary N) is 1. The lowest BCUT2D eigenvalue weighted by Crippen LogP contribution is -2.42. The second-order valence-corrected chi connectivity index (χ2v) is 3.32. The molecule has 1 aliphatic heterocycles. The van der Waals surface area contributed by atoms with Crippen LogP contribution in [0, 0.1) is 0 Å². The summed E-state index contributed by atoms with van der Waals surface area (Å²) in [5, 5.41) is 3.28. The molecule has 0 saturated carbocycles. The van der Waals surface area contributed by atoms with Gasteiger partial charge in [-0.05, 0) is 20.8 Å². The van der Waals surface area contributed by atoms with Crippen molar-refractivity contribution in [2.45, 2.75) is 38.6 Å². The first-order valence-corrected chi connectivity index (χ1v) is 3.71. The Morgan fingerprint density at radius 2 is 2.20 bits per heavy atom. The van der Waals surface area contributed by atoms with E-state index in [1.807, 2.05) is 20.8 Å². The molecule has 0 radical (unpaired) electrons. The molecule has 1 saturated heterocycles. The lowest BCUT2D eigenvalue weighted by atomic mass is 10.2. The fraction of sp³-hybridized carbons (Fsp3) is 1.00. The molecule has 0 bridgehead atoms. The fourth-order valence-electron chi connectivity index (χ4n) is 1.40. The molecular formula is C7H16N2O. The third-order valence-corrected chi connectivity index (χ3v) is 1.83. The van der Waals surface area contributed by atoms with Gasteiger partial charge in [-0.3, -0.25) is 5.32 Å². The van der Waals surface area contributed by atoms with Crippen molar-refractivity contribution in [1.82, 2.24) is 5.32 Å². The molecule has 3 N–H and O–H groups in total. The Balaban J connectivity index is 2.52. The Labute approximate surface area is 61.9 Å². The highest BCUT2D eigenvalue weighted by Crippen LogP contribution is 2.19. The van der Waals surface area contributed by atoms with E-state index in [1.54, 1.807) is 0 Å². The maximum Gasteiger partial charge on any atom is 0.114 e. The Morgan fingerprint density at radius 3 is 2.40 bits per heavy atom. The van der Waals surface area contributed by atoms with Gasteiger partial charge in [0.2, 0.25) is 0 Å². The Hall–Kier alpha value is -0.120. The second kappa shape index (κ2) is 2.49. The fourth-order valence-corrected chi connectivity index (χ4v) is 1.40. The van der Waals surface area contributed by atoms with Gasteiger partial charge in [-0.15, -0.1) is 0 Å². The molecule has 1 heterocycles. The predicted molar refractivity (Wildman–Crippen MR) is 40.6 cm³/mol. The van der Waals surface area contributed by atoms with Gasteiger partial charge in [0.25, 0.3) is 0 Å². The average Bonchev–Trinajstić information content (AvgIpc) is 2.05. The van der Waals surface area contributed by atoms with Crippen molar-refractivity contribution in [3.8, 4) is 0 Å². The second-order valence-electron chi connectivity index (χ2n) is 3.32. The van der Waals surface area contributed by atoms with E-state index < -0.39 is 0 Å². The highest BCUT2D eigenvalue weighted by molar-refractivity contribution is 4.87. The normalized spacial score (nSPS) is 38.4. The largest absolute Gasteiger partial charge is 0.357 e. The number of hydrogen-bond donors (Lipinski definition) is 2. The third kappa shape index (κ3) is 1.48. The molecule has 0 aliphatic carbocycles. The van der Waals surface area contributed by atoms with Crippen molar-refractivity contribution in [3.05, 3.63) is 0 Å². The third-order valence-electron chi connectivity index (χ3n) is 1.83. The zero-order valence-electron chi connectivity index (χ0n) is 6.85. The minimum atomic E-state index is -0.191. The summed E-state index contributed by atoms with van der Waals surface area (Å²) in [6, 6.07) is 0.315. The van der Waals surface area contributed by atoms with Crippen LogP contribution in [0.4, 0.5) is 0 Å². The van der Waals surface area contributed by atoms with E-state index in [0.717, 1.165) is 0 Å². The van der Waals surface area contributed by atoms with Gasteiger partial charge in [0.15, 0.2) is 0 Å². The maximum absolute atomic E-state index is 5.56. The van der Waals surface area contributed by atoms with Crippen LogP contribution in [0.3, 0.4) is 0 Å². The van der Waals surface area contributed by atoms with Crippen molar-refractivity contribution < 1.29 is 4.74 Å². The minimum absolute atomic E-state index is 0.191. The van der Waals surface area contributed by atoms with Crippen LogP contribution in [0.25, 0.3) is 0 Å². The molecular weight excluding hydrogens is 128 g/mol. The highest BCUT2D eigenvalue weighted by atomic mass is 16.5. The summed E-state index contributed by atoms with van der Waals surface area (Å²) < 4.78 is 5.56. The monoisotopic (exact) mass is 144 g/mol. The molecule has 0 aromatic rings. The molecule has 0 aromatic carbocycles. The van der Waals surface area contributed by atoms with E-state index in [1.165, 1.54) is 0 Å². The Kier molecular flexibility index (Phi) is 1.99. The standard InChI is InChI=1S/C7H16N2O/c1-5-6(4-8)9-7(2,3)10-5/h5-6,9H,4,8H2,1-3H3. The summed E-state index contributed by atoms with van der Waals surface area (Å²) in [4.78, 5) is 0. The molecule has 1 fully saturated rings. The van der Waals surface area contributed by atoms with E-state index in [-0.39, 0.29) is 11.8 Å². The first-order chi connectivity index (χ1) is 4.55. The number of rotatable bonds is 1. The average molecular weight is 144 g/mol. The van der Waals surface area contributed by atoms with Crippen LogP contribution in [0.5, 0.6) is 0 Å². The molecule has 3 heteroatoms. The van der Waals surface area contributed by atoms with E-state index in [0.29, 0.717) is 12.6 Å². The smallest absolute Gasteiger partial charge is 0.114 e. The van der Waals surface area contributed by atoms with Gasteiger partial charge in [-0.25, -0.2) is 0 Å². The highest BCUT2D eigenvalue weighted by Gasteiger charge is 2.35. The molecule has 0 aromatic heterocycles. The van der Waals surface area contributed by atoms with E-state index in [2.05, 4.69) is 5.32 Å². The van der Waals surface area contributed by atoms with Gasteiger partial charge < -0.3 is 10.5 Å². The summed E-state index contributed by atoms with van der Waals surface area (Å²) in [6.45, 7) is 6.71. The molecule has 2 atom stereocenters. The van der Waals surface area contributed by atoms with Crippen LogP contribution < -0.4 is 11.1 Å². The summed E-state index contributed by atoms with van der Waals surface area (Å²) in [7, 11) is 0. The van der Waals surface area contributed by atoms with Crippen molar-refractivity contribution in [3.63, 3.8) is 0 Å². The number of ether oxygens (including phenoxy) is 1. The lowest BCUT2D eigenvalue weighted by molar-refractivity contribution is -0.0169. The molecule has 3 nitrogen and oxygen atoms in total. The Morgan fingerprint density at radius 1 is 1.60 bits per heavy atom. The first-order valence-electron chi connectivity index (χ1n) is 3.71. The minimum Gasteiger partial charge on any atom is -0.357 e. The summed E-state index contributed by atoms with van der Waals surface area (Å²) in [5.41, 5.74) is 5.31. The SMILES string of the molecule is CC1OC(C)(C)NC1CN. The van der Waals surface area contributed by atoms with Crippen molar-refractivity contribution in [2.24, 2.45) is 5.73 Å². The van der Waals surface area contributed by atoms with Gasteiger partial charge in [0, 0.05) is 12.6 Å². The van der Waals surface area contributed by atoms with Crippen LogP contribution in [0.1, 0.15) is 20.8 Å². The predicted octanol–water partition coefficient (Wildman–Crippen LogP) is 0.0581. The Bertz CT molecular complexity index is 125. The first kappa shape index (κ1) is 7.98. The van der Waals surface area contributed by atoms with E-state index in [9.17, 15) is 0 Å². The van der Waals surface area contributed by atoms with E-state index >= 15 is 0 Å². The molecule has 0 amide bonds. The van der Waals surface area contributed by atoms with Crippen LogP contribution in [-0.2, 0) is 4.74 Å². The molecule has 0 spiro atoms. The lowest BCUT2D eigenvalue weighted by Gasteiger charge is -2.17. The summed E-state index contributed by atoms with van der Waals surface area (Å²) in [5.74, 6) is 0. The molecule has 1 aliphatic rings. The zero-order chi connectivity index (χ0) is 7.78. The van der Waals surface area contributed by atoms with Crippen LogP contribution in [0.15, 0.2) is 0 Å². The topological polar surface area (TPSA) is 47.3 Å². The van der Waals surface area contributed by atoms with Gasteiger partial charge in [-0.1, -0.05) is 0 Å². The zero-order valence-corrected chi connectivity index (χ0v) is 6.85. The number of nitrogens with one attached hydrogen (secondary N) is 1. The van der Waals surface area contributed by atoms with Gasteiger partial charge in [-0.2, -0.15) is 0 Å². The van der Waals surface area contributed by atoms with Crippen molar-refractivity contribution in [1.29, 1.82) is 0 Å². The summed E-state index contributed by atoms with van der Waals surface area (Å²) >= 11 is 0. The summed E-state index contributed by atoms with van der Waals surface area (Å²) in [6.07, 6.45) is 0.236. The molecule has 10 heavy (non-hydrogen) atoms. The molecule has 60 valence electrons. The van der Waals surface area contributed by atoms with Crippen LogP contribution >= 0.6 is 0 Å². The molecule has 2 unspecified atom stereocenters.